The van der Waals surface area contributed by atoms with Crippen molar-refractivity contribution in [2.45, 2.75) is 13.3 Å². The first kappa shape index (κ1) is 14.2. The van der Waals surface area contributed by atoms with E-state index in [1.807, 2.05) is 13.0 Å². The van der Waals surface area contributed by atoms with Gasteiger partial charge >= 0.3 is 0 Å². The quantitative estimate of drug-likeness (QED) is 0.869. The van der Waals surface area contributed by atoms with Gasteiger partial charge < -0.3 is 5.32 Å². The molecule has 1 N–H and O–H groups in total. The van der Waals surface area contributed by atoms with E-state index in [1.165, 1.54) is 0 Å². The summed E-state index contributed by atoms with van der Waals surface area (Å²) in [5.41, 5.74) is 1.54. The third-order valence-corrected chi connectivity index (χ3v) is 3.71. The van der Waals surface area contributed by atoms with Crippen LogP contribution in [-0.2, 0) is 14.6 Å². The summed E-state index contributed by atoms with van der Waals surface area (Å²) >= 11 is 0. The molecule has 18 heavy (non-hydrogen) atoms. The summed E-state index contributed by atoms with van der Waals surface area (Å²) in [6, 6.07) is 8.83. The van der Waals surface area contributed by atoms with Gasteiger partial charge in [0.1, 0.15) is 5.75 Å². The second kappa shape index (κ2) is 6.17. The van der Waals surface area contributed by atoms with Gasteiger partial charge in [0.15, 0.2) is 9.84 Å². The molecule has 96 valence electrons. The number of nitrogens with zero attached hydrogens (tertiary/aromatic N) is 1. The molecule has 0 aliphatic heterocycles. The molecule has 1 amide bonds. The standard InChI is InChI=1S/C12H14N2O3S/c1-10-4-2-5-11(8-10)14-12(15)9-18(16,17)7-3-6-13/h2,4-5,8H,3,7,9H2,1H3,(H,14,15). The molecular formula is C12H14N2O3S. The Bertz CT molecular complexity index is 573. The van der Waals surface area contributed by atoms with E-state index < -0.39 is 21.5 Å². The highest BCUT2D eigenvalue weighted by atomic mass is 32.2. The molecule has 0 spiro atoms. The van der Waals surface area contributed by atoms with Crippen molar-refractivity contribution in [2.24, 2.45) is 0 Å². The fraction of sp³-hybridized carbons (Fsp3) is 0.333. The van der Waals surface area contributed by atoms with Crippen molar-refractivity contribution in [2.75, 3.05) is 16.8 Å². The van der Waals surface area contributed by atoms with Crippen LogP contribution in [0.3, 0.4) is 0 Å². The molecule has 0 aliphatic carbocycles. The second-order valence-electron chi connectivity index (χ2n) is 3.92. The van der Waals surface area contributed by atoms with Gasteiger partial charge in [0.25, 0.3) is 0 Å². The van der Waals surface area contributed by atoms with Crippen LogP contribution in [0.1, 0.15) is 12.0 Å². The van der Waals surface area contributed by atoms with E-state index in [0.717, 1.165) is 5.56 Å². The number of benzene rings is 1. The van der Waals surface area contributed by atoms with E-state index in [-0.39, 0.29) is 12.2 Å². The Balaban J connectivity index is 2.60. The average Bonchev–Trinajstić information content (AvgIpc) is 2.25. The van der Waals surface area contributed by atoms with Crippen molar-refractivity contribution < 1.29 is 13.2 Å². The van der Waals surface area contributed by atoms with Gasteiger partial charge in [0.05, 0.1) is 11.8 Å². The van der Waals surface area contributed by atoms with Crippen LogP contribution in [0.25, 0.3) is 0 Å². The molecule has 1 rings (SSSR count). The number of rotatable bonds is 5. The molecule has 0 radical (unpaired) electrons. The predicted molar refractivity (Wildman–Crippen MR) is 68.7 cm³/mol. The minimum Gasteiger partial charge on any atom is -0.325 e. The smallest absolute Gasteiger partial charge is 0.239 e. The Morgan fingerprint density at radius 1 is 1.44 bits per heavy atom. The van der Waals surface area contributed by atoms with Gasteiger partial charge in [-0.15, -0.1) is 0 Å². The highest BCUT2D eigenvalue weighted by molar-refractivity contribution is 7.92. The number of aryl methyl sites for hydroxylation is 1. The molecule has 5 nitrogen and oxygen atoms in total. The van der Waals surface area contributed by atoms with Gasteiger partial charge in [-0.2, -0.15) is 5.26 Å². The van der Waals surface area contributed by atoms with Crippen molar-refractivity contribution in [1.82, 2.24) is 0 Å². The SMILES string of the molecule is Cc1cccc(NC(=O)CS(=O)(=O)CCC#N)c1. The van der Waals surface area contributed by atoms with E-state index in [4.69, 9.17) is 5.26 Å². The first-order valence-electron chi connectivity index (χ1n) is 5.37. The average molecular weight is 266 g/mol. The van der Waals surface area contributed by atoms with Gasteiger partial charge in [-0.05, 0) is 24.6 Å². The zero-order valence-corrected chi connectivity index (χ0v) is 10.8. The Hall–Kier alpha value is -1.87. The summed E-state index contributed by atoms with van der Waals surface area (Å²) < 4.78 is 22.9. The largest absolute Gasteiger partial charge is 0.325 e. The summed E-state index contributed by atoms with van der Waals surface area (Å²) in [7, 11) is -3.51. The summed E-state index contributed by atoms with van der Waals surface area (Å²) in [4.78, 5) is 11.5. The van der Waals surface area contributed by atoms with Crippen LogP contribution in [0.15, 0.2) is 24.3 Å². The molecule has 0 fully saturated rings. The number of nitriles is 1. The van der Waals surface area contributed by atoms with Crippen molar-refractivity contribution in [3.63, 3.8) is 0 Å². The number of carbonyl (C=O) groups is 1. The maximum absolute atomic E-state index is 11.5. The van der Waals surface area contributed by atoms with Crippen molar-refractivity contribution in [3.8, 4) is 6.07 Å². The molecular weight excluding hydrogens is 252 g/mol. The lowest BCUT2D eigenvalue weighted by molar-refractivity contribution is -0.113. The molecule has 0 unspecified atom stereocenters. The number of anilines is 1. The second-order valence-corrected chi connectivity index (χ2v) is 6.10. The van der Waals surface area contributed by atoms with E-state index in [0.29, 0.717) is 5.69 Å². The number of carbonyl (C=O) groups excluding carboxylic acids is 1. The Morgan fingerprint density at radius 3 is 2.78 bits per heavy atom. The first-order valence-corrected chi connectivity index (χ1v) is 7.19. The lowest BCUT2D eigenvalue weighted by Crippen LogP contribution is -2.24. The van der Waals surface area contributed by atoms with Gasteiger partial charge in [0.2, 0.25) is 5.91 Å². The lowest BCUT2D eigenvalue weighted by Gasteiger charge is -2.06. The number of hydrogen-bond donors (Lipinski definition) is 1. The molecule has 0 saturated carbocycles. The summed E-state index contributed by atoms with van der Waals surface area (Å²) in [6.07, 6.45) is -0.0972. The highest BCUT2D eigenvalue weighted by Crippen LogP contribution is 2.09. The topological polar surface area (TPSA) is 87.0 Å². The molecule has 0 aliphatic rings. The van der Waals surface area contributed by atoms with Crippen LogP contribution < -0.4 is 5.32 Å². The zero-order chi connectivity index (χ0) is 13.6. The van der Waals surface area contributed by atoms with Gasteiger partial charge in [-0.1, -0.05) is 12.1 Å². The monoisotopic (exact) mass is 266 g/mol. The number of sulfone groups is 1. The normalized spacial score (nSPS) is 10.7. The van der Waals surface area contributed by atoms with Gasteiger partial charge in [-0.3, -0.25) is 4.79 Å². The fourth-order valence-corrected chi connectivity index (χ4v) is 2.41. The fourth-order valence-electron chi connectivity index (χ4n) is 1.39. The zero-order valence-electron chi connectivity index (χ0n) is 10.0. The van der Waals surface area contributed by atoms with Crippen LogP contribution in [0.5, 0.6) is 0 Å². The molecule has 0 aromatic heterocycles. The summed E-state index contributed by atoms with van der Waals surface area (Å²) in [5, 5.41) is 10.8. The maximum atomic E-state index is 11.5. The number of nitrogens with one attached hydrogen (secondary N) is 1. The summed E-state index contributed by atoms with van der Waals surface area (Å²) in [6.45, 7) is 1.87. The van der Waals surface area contributed by atoms with E-state index in [9.17, 15) is 13.2 Å². The lowest BCUT2D eigenvalue weighted by atomic mass is 10.2. The molecule has 0 saturated heterocycles. The molecule has 1 aromatic carbocycles. The van der Waals surface area contributed by atoms with Gasteiger partial charge in [0, 0.05) is 12.1 Å². The van der Waals surface area contributed by atoms with E-state index in [1.54, 1.807) is 24.3 Å². The maximum Gasteiger partial charge on any atom is 0.239 e. The van der Waals surface area contributed by atoms with Gasteiger partial charge in [-0.25, -0.2) is 8.42 Å². The Labute approximate surface area is 106 Å². The van der Waals surface area contributed by atoms with Crippen LogP contribution in [0.2, 0.25) is 0 Å². The van der Waals surface area contributed by atoms with Crippen molar-refractivity contribution >= 4 is 21.4 Å². The highest BCUT2D eigenvalue weighted by Gasteiger charge is 2.16. The first-order chi connectivity index (χ1) is 8.43. The number of amides is 1. The minimum atomic E-state index is -3.51. The Morgan fingerprint density at radius 2 is 2.17 bits per heavy atom. The minimum absolute atomic E-state index is 0.0972. The van der Waals surface area contributed by atoms with Crippen LogP contribution in [-0.4, -0.2) is 25.8 Å². The number of hydrogen-bond acceptors (Lipinski definition) is 4. The van der Waals surface area contributed by atoms with Crippen LogP contribution >= 0.6 is 0 Å². The molecule has 6 heteroatoms. The van der Waals surface area contributed by atoms with E-state index >= 15 is 0 Å². The summed E-state index contributed by atoms with van der Waals surface area (Å²) in [5.74, 6) is -1.47. The third kappa shape index (κ3) is 4.97. The van der Waals surface area contributed by atoms with E-state index in [2.05, 4.69) is 5.32 Å². The van der Waals surface area contributed by atoms with Crippen molar-refractivity contribution in [3.05, 3.63) is 29.8 Å². The van der Waals surface area contributed by atoms with Crippen LogP contribution in [0, 0.1) is 18.3 Å². The molecule has 0 heterocycles. The third-order valence-electron chi connectivity index (χ3n) is 2.18. The molecule has 0 bridgehead atoms. The molecule has 1 aromatic rings. The Kier molecular flexibility index (Phi) is 4.86. The molecule has 0 atom stereocenters. The van der Waals surface area contributed by atoms with Crippen molar-refractivity contribution in [1.29, 1.82) is 5.26 Å². The van der Waals surface area contributed by atoms with Crippen LogP contribution in [0.4, 0.5) is 5.69 Å². The predicted octanol–water partition coefficient (Wildman–Crippen LogP) is 1.26.